The Morgan fingerprint density at radius 3 is 2.15 bits per heavy atom. The van der Waals surface area contributed by atoms with Crippen molar-refractivity contribution in [3.63, 3.8) is 0 Å². The van der Waals surface area contributed by atoms with E-state index in [-0.39, 0.29) is 29.2 Å². The molecule has 3 aliphatic rings. The van der Waals surface area contributed by atoms with Gasteiger partial charge in [0.15, 0.2) is 23.6 Å². The molecule has 2 aromatic carbocycles. The van der Waals surface area contributed by atoms with Crippen LogP contribution >= 0.6 is 0 Å². The van der Waals surface area contributed by atoms with Crippen molar-refractivity contribution >= 4 is 5.78 Å². The number of ether oxygens (including phenoxy) is 5. The summed E-state index contributed by atoms with van der Waals surface area (Å²) in [5.74, 6) is -1.95. The van der Waals surface area contributed by atoms with Crippen LogP contribution in [-0.4, -0.2) is 120 Å². The summed E-state index contributed by atoms with van der Waals surface area (Å²) in [6.45, 7) is -1.08. The normalized spacial score (nSPS) is 35.1. The number of benzene rings is 2. The molecule has 224 valence electrons. The number of fused-ring (bicyclic) bond motifs is 1. The lowest BCUT2D eigenvalue weighted by Crippen LogP contribution is -2.60. The SMILES string of the molecule is O=C1CC(c2ccc(O)c(O)c2)Oc2cc(OC3OC(COC4OC(CO)C(O)C4O)C(O)C(O)C3O)cc(O)c21. The van der Waals surface area contributed by atoms with Crippen LogP contribution in [0.3, 0.4) is 0 Å². The van der Waals surface area contributed by atoms with E-state index in [4.69, 9.17) is 23.7 Å². The molecule has 3 heterocycles. The summed E-state index contributed by atoms with van der Waals surface area (Å²) in [7, 11) is 0. The second-order valence-corrected chi connectivity index (χ2v) is 9.97. The maximum atomic E-state index is 12.8. The van der Waals surface area contributed by atoms with Crippen molar-refractivity contribution in [2.24, 2.45) is 0 Å². The lowest BCUT2D eigenvalue weighted by Gasteiger charge is -2.40. The molecule has 0 aromatic heterocycles. The van der Waals surface area contributed by atoms with Gasteiger partial charge in [-0.3, -0.25) is 4.79 Å². The van der Waals surface area contributed by atoms with Crippen molar-refractivity contribution in [2.75, 3.05) is 13.2 Å². The number of phenolic OH excluding ortho intramolecular Hbond substituents is 3. The molecule has 2 fully saturated rings. The van der Waals surface area contributed by atoms with Crippen LogP contribution in [0.5, 0.6) is 28.7 Å². The summed E-state index contributed by atoms with van der Waals surface area (Å²) in [6, 6.07) is 6.25. The molecule has 0 radical (unpaired) electrons. The van der Waals surface area contributed by atoms with E-state index in [0.29, 0.717) is 5.56 Å². The summed E-state index contributed by atoms with van der Waals surface area (Å²) < 4.78 is 27.7. The summed E-state index contributed by atoms with van der Waals surface area (Å²) in [5.41, 5.74) is 0.257. The summed E-state index contributed by atoms with van der Waals surface area (Å²) in [4.78, 5) is 12.8. The van der Waals surface area contributed by atoms with Crippen LogP contribution in [0.25, 0.3) is 0 Å². The molecule has 0 aliphatic carbocycles. The van der Waals surface area contributed by atoms with Crippen LogP contribution in [0.4, 0.5) is 0 Å². The van der Waals surface area contributed by atoms with Gasteiger partial charge in [0.1, 0.15) is 71.6 Å². The van der Waals surface area contributed by atoms with Gasteiger partial charge in [0.2, 0.25) is 6.29 Å². The number of Topliss-reactive ketones (excluding diaryl/α,β-unsaturated/α-hetero) is 1. The first-order chi connectivity index (χ1) is 19.5. The van der Waals surface area contributed by atoms with Crippen molar-refractivity contribution in [1.29, 1.82) is 0 Å². The number of rotatable bonds is 7. The Morgan fingerprint density at radius 2 is 1.46 bits per heavy atom. The minimum Gasteiger partial charge on any atom is -0.507 e. The molecule has 15 heteroatoms. The summed E-state index contributed by atoms with van der Waals surface area (Å²) in [6.07, 6.45) is -14.6. The molecule has 2 saturated heterocycles. The van der Waals surface area contributed by atoms with Crippen molar-refractivity contribution in [2.45, 2.75) is 67.8 Å². The van der Waals surface area contributed by atoms with E-state index in [1.807, 2.05) is 0 Å². The molecular formula is C26H30O15. The molecule has 5 rings (SSSR count). The Labute approximate surface area is 231 Å². The molecule has 0 bridgehead atoms. The van der Waals surface area contributed by atoms with Gasteiger partial charge < -0.3 is 69.6 Å². The number of carbonyl (C=O) groups excluding carboxylic acids is 1. The van der Waals surface area contributed by atoms with Crippen molar-refractivity contribution in [3.8, 4) is 28.7 Å². The fraction of sp³-hybridized carbons (Fsp3) is 0.500. The number of hydrogen-bond acceptors (Lipinski definition) is 15. The first-order valence-electron chi connectivity index (χ1n) is 12.7. The molecule has 15 nitrogen and oxygen atoms in total. The average molecular weight is 583 g/mol. The topological polar surface area (TPSA) is 245 Å². The highest BCUT2D eigenvalue weighted by atomic mass is 16.7. The van der Waals surface area contributed by atoms with E-state index in [9.17, 15) is 50.8 Å². The van der Waals surface area contributed by atoms with Gasteiger partial charge in [-0.05, 0) is 17.7 Å². The monoisotopic (exact) mass is 582 g/mol. The number of aliphatic hydroxyl groups is 6. The van der Waals surface area contributed by atoms with Crippen molar-refractivity contribution in [1.82, 2.24) is 0 Å². The highest BCUT2D eigenvalue weighted by molar-refractivity contribution is 6.02. The maximum absolute atomic E-state index is 12.8. The van der Waals surface area contributed by atoms with Gasteiger partial charge >= 0.3 is 0 Å². The maximum Gasteiger partial charge on any atom is 0.229 e. The molecule has 3 aliphatic heterocycles. The number of ketones is 1. The van der Waals surface area contributed by atoms with Gasteiger partial charge in [-0.25, -0.2) is 0 Å². The lowest BCUT2D eigenvalue weighted by molar-refractivity contribution is -0.290. The standard InChI is InChI=1S/C26H30O15/c27-7-17-20(32)23(35)25(40-17)37-8-18-21(33)22(34)24(36)26(41-18)38-10-4-13(30)19-14(31)6-15(39-16(19)5-10)9-1-2-11(28)12(29)3-9/h1-5,15,17-18,20-30,32-36H,6-8H2. The average Bonchev–Trinajstić information content (AvgIpc) is 3.21. The first kappa shape index (κ1) is 29.2. The lowest BCUT2D eigenvalue weighted by atomic mass is 9.95. The van der Waals surface area contributed by atoms with E-state index in [0.717, 1.165) is 6.07 Å². The zero-order valence-electron chi connectivity index (χ0n) is 21.3. The predicted octanol–water partition coefficient (Wildman–Crippen LogP) is -1.85. The van der Waals surface area contributed by atoms with Gasteiger partial charge in [0.25, 0.3) is 0 Å². The van der Waals surface area contributed by atoms with Crippen LogP contribution < -0.4 is 9.47 Å². The zero-order chi connectivity index (χ0) is 29.6. The van der Waals surface area contributed by atoms with Crippen LogP contribution in [0.15, 0.2) is 30.3 Å². The zero-order valence-corrected chi connectivity index (χ0v) is 21.3. The van der Waals surface area contributed by atoms with Crippen LogP contribution in [-0.2, 0) is 14.2 Å². The third kappa shape index (κ3) is 5.63. The second-order valence-electron chi connectivity index (χ2n) is 9.97. The third-order valence-electron chi connectivity index (χ3n) is 7.19. The number of aliphatic hydroxyl groups excluding tert-OH is 6. The van der Waals surface area contributed by atoms with E-state index in [2.05, 4.69) is 0 Å². The van der Waals surface area contributed by atoms with Crippen molar-refractivity contribution in [3.05, 3.63) is 41.5 Å². The Hall–Kier alpha value is -3.25. The van der Waals surface area contributed by atoms with Crippen molar-refractivity contribution < 1.29 is 74.4 Å². The Morgan fingerprint density at radius 1 is 0.780 bits per heavy atom. The van der Waals surface area contributed by atoms with Crippen LogP contribution in [0.1, 0.15) is 28.4 Å². The molecule has 41 heavy (non-hydrogen) atoms. The van der Waals surface area contributed by atoms with Gasteiger partial charge in [0.05, 0.1) is 19.6 Å². The summed E-state index contributed by atoms with van der Waals surface area (Å²) in [5, 5.41) is 90.3. The smallest absolute Gasteiger partial charge is 0.229 e. The fourth-order valence-electron chi connectivity index (χ4n) is 4.89. The molecule has 0 amide bonds. The second kappa shape index (κ2) is 11.6. The number of aromatic hydroxyl groups is 3. The van der Waals surface area contributed by atoms with Gasteiger partial charge in [0, 0.05) is 12.1 Å². The van der Waals surface area contributed by atoms with E-state index >= 15 is 0 Å². The third-order valence-corrected chi connectivity index (χ3v) is 7.19. The molecule has 9 N–H and O–H groups in total. The van der Waals surface area contributed by atoms with Crippen LogP contribution in [0.2, 0.25) is 0 Å². The Kier molecular flexibility index (Phi) is 8.24. The minimum absolute atomic E-state index is 0.0797. The number of hydrogen-bond donors (Lipinski definition) is 9. The molecule has 10 atom stereocenters. The Balaban J connectivity index is 1.30. The van der Waals surface area contributed by atoms with E-state index in [1.54, 1.807) is 0 Å². The van der Waals surface area contributed by atoms with Gasteiger partial charge in [-0.2, -0.15) is 0 Å². The number of phenols is 3. The van der Waals surface area contributed by atoms with Gasteiger partial charge in [-0.1, -0.05) is 6.07 Å². The quantitative estimate of drug-likeness (QED) is 0.163. The Bertz CT molecular complexity index is 1270. The van der Waals surface area contributed by atoms with Gasteiger partial charge in [-0.15, -0.1) is 0 Å². The molecule has 0 spiro atoms. The number of carbonyl (C=O) groups is 1. The molecule has 0 saturated carbocycles. The largest absolute Gasteiger partial charge is 0.507 e. The fourth-order valence-corrected chi connectivity index (χ4v) is 4.89. The van der Waals surface area contributed by atoms with E-state index in [1.165, 1.54) is 24.3 Å². The first-order valence-corrected chi connectivity index (χ1v) is 12.7. The minimum atomic E-state index is -1.77. The summed E-state index contributed by atoms with van der Waals surface area (Å²) >= 11 is 0. The molecular weight excluding hydrogens is 552 g/mol. The highest BCUT2D eigenvalue weighted by Crippen LogP contribution is 2.43. The van der Waals surface area contributed by atoms with E-state index < -0.39 is 91.9 Å². The molecule has 10 unspecified atom stereocenters. The predicted molar refractivity (Wildman–Crippen MR) is 131 cm³/mol. The van der Waals surface area contributed by atoms with Crippen LogP contribution in [0, 0.1) is 0 Å². The molecule has 2 aromatic rings. The highest BCUT2D eigenvalue weighted by Gasteiger charge is 2.48.